The Kier molecular flexibility index (Phi) is 4.63. The van der Waals surface area contributed by atoms with Crippen molar-refractivity contribution >= 4 is 34.1 Å². The minimum Gasteiger partial charge on any atom is -0.376 e. The average Bonchev–Trinajstić information content (AvgIpc) is 3.36. The monoisotopic (exact) mass is 434 g/mol. The summed E-state index contributed by atoms with van der Waals surface area (Å²) >= 11 is 5.93. The number of nitrogens with zero attached hydrogens (tertiary/aromatic N) is 5. The van der Waals surface area contributed by atoms with Crippen LogP contribution in [0.15, 0.2) is 29.1 Å². The number of nitriles is 1. The Bertz CT molecular complexity index is 1300. The smallest absolute Gasteiger partial charge is 0.262 e. The molecule has 1 aromatic carbocycles. The molecule has 7 nitrogen and oxygen atoms in total. The lowest BCUT2D eigenvalue weighted by Crippen LogP contribution is -2.31. The number of benzene rings is 1. The van der Waals surface area contributed by atoms with E-state index < -0.39 is 0 Å². The lowest BCUT2D eigenvalue weighted by Gasteiger charge is -2.24. The summed E-state index contributed by atoms with van der Waals surface area (Å²) in [4.78, 5) is 24.5. The molecule has 31 heavy (non-hydrogen) atoms. The maximum atomic E-state index is 13.2. The summed E-state index contributed by atoms with van der Waals surface area (Å²) in [6.45, 7) is 5.90. The molecule has 8 heteroatoms. The number of halogens is 1. The molecule has 1 saturated carbocycles. The van der Waals surface area contributed by atoms with Gasteiger partial charge in [-0.2, -0.15) is 5.26 Å². The Morgan fingerprint density at radius 1 is 1.26 bits per heavy atom. The molecule has 0 amide bonds. The first-order valence-electron chi connectivity index (χ1n) is 10.4. The fourth-order valence-corrected chi connectivity index (χ4v) is 4.81. The summed E-state index contributed by atoms with van der Waals surface area (Å²) in [7, 11) is 1.80. The van der Waals surface area contributed by atoms with E-state index >= 15 is 0 Å². The van der Waals surface area contributed by atoms with Gasteiger partial charge in [0.15, 0.2) is 5.69 Å². The molecule has 0 radical (unpaired) electrons. The maximum absolute atomic E-state index is 13.2. The highest BCUT2D eigenvalue weighted by Gasteiger charge is 2.46. The van der Waals surface area contributed by atoms with Gasteiger partial charge in [0.2, 0.25) is 5.95 Å². The molecule has 3 aromatic rings. The zero-order chi connectivity index (χ0) is 21.9. The van der Waals surface area contributed by atoms with Crippen LogP contribution < -0.4 is 15.8 Å². The molecule has 1 saturated heterocycles. The molecule has 1 aliphatic carbocycles. The molecule has 2 aliphatic rings. The van der Waals surface area contributed by atoms with Crippen LogP contribution >= 0.6 is 11.6 Å². The van der Waals surface area contributed by atoms with E-state index in [1.54, 1.807) is 23.7 Å². The second kappa shape index (κ2) is 7.24. The van der Waals surface area contributed by atoms with E-state index in [0.29, 0.717) is 16.6 Å². The van der Waals surface area contributed by atoms with Gasteiger partial charge in [0.25, 0.3) is 5.56 Å². The Labute approximate surface area is 185 Å². The molecule has 158 valence electrons. The van der Waals surface area contributed by atoms with Crippen molar-refractivity contribution in [3.63, 3.8) is 0 Å². The number of pyridine rings is 1. The van der Waals surface area contributed by atoms with Gasteiger partial charge in [-0.25, -0.2) is 9.97 Å². The zero-order valence-electron chi connectivity index (χ0n) is 17.7. The highest BCUT2D eigenvalue weighted by Crippen LogP contribution is 2.46. The molecule has 3 heterocycles. The Morgan fingerprint density at radius 3 is 2.71 bits per heavy atom. The van der Waals surface area contributed by atoms with Crippen molar-refractivity contribution in [2.75, 3.05) is 23.3 Å². The molecule has 0 bridgehead atoms. The van der Waals surface area contributed by atoms with Crippen molar-refractivity contribution in [2.45, 2.75) is 26.3 Å². The normalized spacial score (nSPS) is 20.4. The third-order valence-electron chi connectivity index (χ3n) is 6.40. The standard InChI is InChI=1S/C23H23ClN6O/c1-12-6-16(13(2)26-18-4-5-20(24)27-19(18)9-25)21-17(7-12)22(31)29(3)23(28-21)30-10-14-8-15(14)11-30/h4-7,13-15,26H,8,10-11H2,1-3H3/t13-,14?,15?/m1/s1. The van der Waals surface area contributed by atoms with E-state index in [4.69, 9.17) is 16.6 Å². The summed E-state index contributed by atoms with van der Waals surface area (Å²) in [5.41, 5.74) is 3.39. The van der Waals surface area contributed by atoms with Crippen LogP contribution in [0.25, 0.3) is 10.9 Å². The first kappa shape index (κ1) is 19.8. The van der Waals surface area contributed by atoms with E-state index in [1.807, 2.05) is 26.0 Å². The highest BCUT2D eigenvalue weighted by molar-refractivity contribution is 6.29. The summed E-state index contributed by atoms with van der Waals surface area (Å²) in [5, 5.41) is 13.7. The lowest BCUT2D eigenvalue weighted by atomic mass is 10.0. The van der Waals surface area contributed by atoms with E-state index in [9.17, 15) is 10.1 Å². The largest absolute Gasteiger partial charge is 0.376 e. The van der Waals surface area contributed by atoms with Gasteiger partial charge < -0.3 is 10.2 Å². The quantitative estimate of drug-likeness (QED) is 0.628. The number of anilines is 2. The fourth-order valence-electron chi connectivity index (χ4n) is 4.66. The number of nitrogens with one attached hydrogen (secondary N) is 1. The molecular formula is C23H23ClN6O. The summed E-state index contributed by atoms with van der Waals surface area (Å²) in [6.07, 6.45) is 1.29. The SMILES string of the molecule is Cc1cc([C@@H](C)Nc2ccc(Cl)nc2C#N)c2nc(N3CC4CC4C3)n(C)c(=O)c2c1. The van der Waals surface area contributed by atoms with Gasteiger partial charge in [-0.15, -0.1) is 0 Å². The molecule has 1 aliphatic heterocycles. The first-order valence-corrected chi connectivity index (χ1v) is 10.8. The van der Waals surface area contributed by atoms with Gasteiger partial charge in [0.05, 0.1) is 22.6 Å². The van der Waals surface area contributed by atoms with E-state index in [2.05, 4.69) is 21.3 Å². The minimum atomic E-state index is -0.197. The van der Waals surface area contributed by atoms with Gasteiger partial charge in [-0.05, 0) is 55.9 Å². The third-order valence-corrected chi connectivity index (χ3v) is 6.61. The van der Waals surface area contributed by atoms with Crippen LogP contribution in [0.3, 0.4) is 0 Å². The summed E-state index contributed by atoms with van der Waals surface area (Å²) in [5.74, 6) is 2.22. The van der Waals surface area contributed by atoms with Gasteiger partial charge in [-0.1, -0.05) is 17.7 Å². The van der Waals surface area contributed by atoms with Crippen molar-refractivity contribution < 1.29 is 0 Å². The van der Waals surface area contributed by atoms with Gasteiger partial charge >= 0.3 is 0 Å². The van der Waals surface area contributed by atoms with Crippen LogP contribution in [0.1, 0.15) is 36.2 Å². The van der Waals surface area contributed by atoms with E-state index in [-0.39, 0.29) is 22.4 Å². The van der Waals surface area contributed by atoms with Crippen LogP contribution in [-0.2, 0) is 7.05 Å². The molecule has 5 rings (SSSR count). The van der Waals surface area contributed by atoms with Gasteiger partial charge in [0.1, 0.15) is 11.2 Å². The minimum absolute atomic E-state index is 0.0383. The van der Waals surface area contributed by atoms with Crippen molar-refractivity contribution in [3.8, 4) is 6.07 Å². The number of aryl methyl sites for hydroxylation is 1. The van der Waals surface area contributed by atoms with Crippen LogP contribution in [0.5, 0.6) is 0 Å². The number of fused-ring (bicyclic) bond motifs is 2. The van der Waals surface area contributed by atoms with Crippen LogP contribution in [0, 0.1) is 30.1 Å². The van der Waals surface area contributed by atoms with Crippen molar-refractivity contribution in [1.29, 1.82) is 5.26 Å². The number of hydrogen-bond donors (Lipinski definition) is 1. The molecule has 1 N–H and O–H groups in total. The Morgan fingerprint density at radius 2 is 2.00 bits per heavy atom. The zero-order valence-corrected chi connectivity index (χ0v) is 18.4. The average molecular weight is 435 g/mol. The van der Waals surface area contributed by atoms with Gasteiger partial charge in [-0.3, -0.25) is 9.36 Å². The molecular weight excluding hydrogens is 412 g/mol. The maximum Gasteiger partial charge on any atom is 0.262 e. The Hall–Kier alpha value is -3.11. The van der Waals surface area contributed by atoms with Crippen molar-refractivity contribution in [3.05, 3.63) is 56.6 Å². The number of piperidine rings is 1. The predicted molar refractivity (Wildman–Crippen MR) is 122 cm³/mol. The number of rotatable bonds is 4. The molecule has 2 aromatic heterocycles. The van der Waals surface area contributed by atoms with Crippen LogP contribution in [0.4, 0.5) is 11.6 Å². The first-order chi connectivity index (χ1) is 14.9. The van der Waals surface area contributed by atoms with Crippen molar-refractivity contribution in [2.24, 2.45) is 18.9 Å². The number of aromatic nitrogens is 3. The molecule has 0 spiro atoms. The van der Waals surface area contributed by atoms with E-state index in [0.717, 1.165) is 42.0 Å². The van der Waals surface area contributed by atoms with Gasteiger partial charge in [0, 0.05) is 25.7 Å². The summed E-state index contributed by atoms with van der Waals surface area (Å²) in [6, 6.07) is 9.23. The third kappa shape index (κ3) is 3.41. The van der Waals surface area contributed by atoms with Crippen LogP contribution in [0.2, 0.25) is 5.15 Å². The lowest BCUT2D eigenvalue weighted by molar-refractivity contribution is 0.729. The van der Waals surface area contributed by atoms with Crippen molar-refractivity contribution in [1.82, 2.24) is 14.5 Å². The Balaban J connectivity index is 1.60. The summed E-state index contributed by atoms with van der Waals surface area (Å²) < 4.78 is 1.67. The fraction of sp³-hybridized carbons (Fsp3) is 0.391. The molecule has 3 atom stereocenters. The van der Waals surface area contributed by atoms with Crippen LogP contribution in [-0.4, -0.2) is 27.6 Å². The molecule has 2 unspecified atom stereocenters. The second-order valence-corrected chi connectivity index (χ2v) is 9.08. The predicted octanol–water partition coefficient (Wildman–Crippen LogP) is 3.79. The topological polar surface area (TPSA) is 86.8 Å². The number of hydrogen-bond acceptors (Lipinski definition) is 6. The molecule has 2 fully saturated rings. The van der Waals surface area contributed by atoms with E-state index in [1.165, 1.54) is 6.42 Å². The second-order valence-electron chi connectivity index (χ2n) is 8.70. The highest BCUT2D eigenvalue weighted by atomic mass is 35.5.